The fraction of sp³-hybridized carbons (Fsp3) is 0.350. The summed E-state index contributed by atoms with van der Waals surface area (Å²) < 4.78 is 40.3. The zero-order valence-electron chi connectivity index (χ0n) is 15.7. The third-order valence-electron chi connectivity index (χ3n) is 4.72. The summed E-state index contributed by atoms with van der Waals surface area (Å²) in [5.41, 5.74) is 1.52. The second kappa shape index (κ2) is 8.70. The normalized spacial score (nSPS) is 15.2. The first-order valence-electron chi connectivity index (χ1n) is 9.26. The van der Waals surface area contributed by atoms with E-state index in [4.69, 9.17) is 0 Å². The highest BCUT2D eigenvalue weighted by Crippen LogP contribution is 2.22. The van der Waals surface area contributed by atoms with Crippen LogP contribution in [-0.4, -0.2) is 38.3 Å². The van der Waals surface area contributed by atoms with Gasteiger partial charge in [0, 0.05) is 24.5 Å². The molecule has 1 aliphatic heterocycles. The fourth-order valence-electron chi connectivity index (χ4n) is 3.06. The number of anilines is 2. The topological polar surface area (TPSA) is 78.5 Å². The van der Waals surface area contributed by atoms with E-state index in [0.717, 1.165) is 19.3 Å². The van der Waals surface area contributed by atoms with Crippen molar-refractivity contribution in [3.8, 4) is 0 Å². The fourth-order valence-corrected chi connectivity index (χ4v) is 4.57. The lowest BCUT2D eigenvalue weighted by Gasteiger charge is -2.25. The Morgan fingerprint density at radius 2 is 1.68 bits per heavy atom. The van der Waals surface area contributed by atoms with E-state index >= 15 is 0 Å². The van der Waals surface area contributed by atoms with Crippen LogP contribution in [0.1, 0.15) is 24.8 Å². The highest BCUT2D eigenvalue weighted by atomic mass is 32.2. The summed E-state index contributed by atoms with van der Waals surface area (Å²) in [6, 6.07) is 10.9. The molecule has 2 N–H and O–H groups in total. The van der Waals surface area contributed by atoms with Gasteiger partial charge in [-0.05, 0) is 61.7 Å². The summed E-state index contributed by atoms with van der Waals surface area (Å²) in [7, 11) is -3.47. The molecule has 1 aliphatic rings. The minimum atomic E-state index is -3.47. The zero-order chi connectivity index (χ0) is 20.1. The number of hydrogen-bond acceptors (Lipinski definition) is 4. The third kappa shape index (κ3) is 4.88. The van der Waals surface area contributed by atoms with E-state index in [-0.39, 0.29) is 23.2 Å². The number of amides is 1. The molecule has 1 heterocycles. The molecule has 2 aromatic rings. The molecule has 0 spiro atoms. The number of rotatable bonds is 6. The lowest BCUT2D eigenvalue weighted by molar-refractivity contribution is -0.114. The van der Waals surface area contributed by atoms with Crippen LogP contribution in [0.2, 0.25) is 0 Å². The summed E-state index contributed by atoms with van der Waals surface area (Å²) in [5.74, 6) is -0.704. The third-order valence-corrected chi connectivity index (χ3v) is 6.63. The van der Waals surface area contributed by atoms with Gasteiger partial charge in [-0.3, -0.25) is 4.79 Å². The SMILES string of the molecule is Cc1ccc(NC(=O)CNc2ccc(S(=O)(=O)N3CCCCC3)cc2)cc1F. The summed E-state index contributed by atoms with van der Waals surface area (Å²) in [4.78, 5) is 12.3. The Hall–Kier alpha value is -2.45. The lowest BCUT2D eigenvalue weighted by atomic mass is 10.2. The molecule has 1 saturated heterocycles. The van der Waals surface area contributed by atoms with Crippen molar-refractivity contribution >= 4 is 27.3 Å². The number of hydrogen-bond donors (Lipinski definition) is 2. The van der Waals surface area contributed by atoms with Gasteiger partial charge in [0.25, 0.3) is 0 Å². The van der Waals surface area contributed by atoms with E-state index in [1.54, 1.807) is 43.3 Å². The van der Waals surface area contributed by atoms with Gasteiger partial charge < -0.3 is 10.6 Å². The van der Waals surface area contributed by atoms with Crippen LogP contribution >= 0.6 is 0 Å². The Morgan fingerprint density at radius 1 is 1.04 bits per heavy atom. The van der Waals surface area contributed by atoms with E-state index in [1.165, 1.54) is 10.4 Å². The maximum Gasteiger partial charge on any atom is 0.243 e. The summed E-state index contributed by atoms with van der Waals surface area (Å²) in [5, 5.41) is 5.55. The monoisotopic (exact) mass is 405 g/mol. The molecule has 0 saturated carbocycles. The maximum absolute atomic E-state index is 13.5. The number of nitrogens with zero attached hydrogens (tertiary/aromatic N) is 1. The molecule has 1 amide bonds. The Morgan fingerprint density at radius 3 is 2.32 bits per heavy atom. The van der Waals surface area contributed by atoms with Crippen LogP contribution < -0.4 is 10.6 Å². The molecular formula is C20H24FN3O3S. The predicted molar refractivity (Wildman–Crippen MR) is 107 cm³/mol. The average Bonchev–Trinajstić information content (AvgIpc) is 2.70. The molecule has 0 unspecified atom stereocenters. The molecular weight excluding hydrogens is 381 g/mol. The van der Waals surface area contributed by atoms with E-state index in [1.807, 2.05) is 0 Å². The van der Waals surface area contributed by atoms with Crippen molar-refractivity contribution in [1.29, 1.82) is 0 Å². The molecule has 0 bridgehead atoms. The Labute approximate surface area is 164 Å². The second-order valence-corrected chi connectivity index (χ2v) is 8.79. The minimum absolute atomic E-state index is 0.0201. The summed E-state index contributed by atoms with van der Waals surface area (Å²) in [6.07, 6.45) is 2.84. The first kappa shape index (κ1) is 20.3. The van der Waals surface area contributed by atoms with Crippen LogP contribution in [0.3, 0.4) is 0 Å². The molecule has 0 atom stereocenters. The molecule has 0 aliphatic carbocycles. The van der Waals surface area contributed by atoms with Crippen LogP contribution in [0.25, 0.3) is 0 Å². The second-order valence-electron chi connectivity index (χ2n) is 6.85. The molecule has 28 heavy (non-hydrogen) atoms. The number of carbonyl (C=O) groups is 1. The molecule has 0 aromatic heterocycles. The van der Waals surface area contributed by atoms with Gasteiger partial charge in [0.15, 0.2) is 0 Å². The van der Waals surface area contributed by atoms with Gasteiger partial charge in [-0.2, -0.15) is 4.31 Å². The smallest absolute Gasteiger partial charge is 0.243 e. The molecule has 6 nitrogen and oxygen atoms in total. The van der Waals surface area contributed by atoms with Crippen molar-refractivity contribution in [2.45, 2.75) is 31.1 Å². The van der Waals surface area contributed by atoms with E-state index in [9.17, 15) is 17.6 Å². The van der Waals surface area contributed by atoms with Gasteiger partial charge >= 0.3 is 0 Å². The van der Waals surface area contributed by atoms with Gasteiger partial charge in [0.05, 0.1) is 11.4 Å². The quantitative estimate of drug-likeness (QED) is 0.773. The standard InChI is InChI=1S/C20H24FN3O3S/c1-15-5-6-17(13-19(15)21)23-20(25)14-22-16-7-9-18(10-8-16)28(26,27)24-11-3-2-4-12-24/h5-10,13,22H,2-4,11-12,14H2,1H3,(H,23,25). The summed E-state index contributed by atoms with van der Waals surface area (Å²) >= 11 is 0. The van der Waals surface area contributed by atoms with Crippen LogP contribution in [0, 0.1) is 12.7 Å². The van der Waals surface area contributed by atoms with Crippen molar-refractivity contribution in [2.75, 3.05) is 30.3 Å². The van der Waals surface area contributed by atoms with E-state index < -0.39 is 10.0 Å². The minimum Gasteiger partial charge on any atom is -0.376 e. The molecule has 8 heteroatoms. The van der Waals surface area contributed by atoms with Crippen molar-refractivity contribution < 1.29 is 17.6 Å². The van der Waals surface area contributed by atoms with Crippen molar-refractivity contribution in [3.63, 3.8) is 0 Å². The highest BCUT2D eigenvalue weighted by Gasteiger charge is 2.25. The molecule has 3 rings (SSSR count). The zero-order valence-corrected chi connectivity index (χ0v) is 16.6. The van der Waals surface area contributed by atoms with Gasteiger partial charge in [0.2, 0.25) is 15.9 Å². The Kier molecular flexibility index (Phi) is 6.31. The molecule has 0 radical (unpaired) electrons. The predicted octanol–water partition coefficient (Wildman–Crippen LogP) is 3.36. The Balaban J connectivity index is 1.56. The molecule has 2 aromatic carbocycles. The maximum atomic E-state index is 13.5. The van der Waals surface area contributed by atoms with Gasteiger partial charge in [-0.25, -0.2) is 12.8 Å². The number of aryl methyl sites for hydroxylation is 1. The number of sulfonamides is 1. The highest BCUT2D eigenvalue weighted by molar-refractivity contribution is 7.89. The first-order chi connectivity index (χ1) is 13.4. The number of halogens is 1. The van der Waals surface area contributed by atoms with Crippen molar-refractivity contribution in [1.82, 2.24) is 4.31 Å². The van der Waals surface area contributed by atoms with E-state index in [2.05, 4.69) is 10.6 Å². The van der Waals surface area contributed by atoms with Gasteiger partial charge in [0.1, 0.15) is 5.82 Å². The van der Waals surface area contributed by atoms with Crippen LogP contribution in [0.4, 0.5) is 15.8 Å². The number of nitrogens with one attached hydrogen (secondary N) is 2. The van der Waals surface area contributed by atoms with Crippen molar-refractivity contribution in [3.05, 3.63) is 53.8 Å². The Bertz CT molecular complexity index is 940. The number of benzene rings is 2. The van der Waals surface area contributed by atoms with Crippen LogP contribution in [0.15, 0.2) is 47.4 Å². The largest absolute Gasteiger partial charge is 0.376 e. The van der Waals surface area contributed by atoms with Crippen LogP contribution in [0.5, 0.6) is 0 Å². The number of carbonyl (C=O) groups excluding carboxylic acids is 1. The number of piperidine rings is 1. The summed E-state index contributed by atoms with van der Waals surface area (Å²) in [6.45, 7) is 2.75. The van der Waals surface area contributed by atoms with E-state index in [0.29, 0.717) is 30.0 Å². The molecule has 150 valence electrons. The van der Waals surface area contributed by atoms with Gasteiger partial charge in [-0.15, -0.1) is 0 Å². The van der Waals surface area contributed by atoms with Crippen molar-refractivity contribution in [2.24, 2.45) is 0 Å². The van der Waals surface area contributed by atoms with Gasteiger partial charge in [-0.1, -0.05) is 12.5 Å². The first-order valence-corrected chi connectivity index (χ1v) is 10.7. The average molecular weight is 405 g/mol. The lowest BCUT2D eigenvalue weighted by Crippen LogP contribution is -2.35. The van der Waals surface area contributed by atoms with Crippen LogP contribution in [-0.2, 0) is 14.8 Å². The molecule has 1 fully saturated rings.